The summed E-state index contributed by atoms with van der Waals surface area (Å²) in [5, 5.41) is 9.90. The van der Waals surface area contributed by atoms with Crippen molar-refractivity contribution in [1.82, 2.24) is 0 Å². The molecule has 0 aliphatic rings. The van der Waals surface area contributed by atoms with Crippen molar-refractivity contribution < 1.29 is 19.4 Å². The molecule has 0 amide bonds. The number of rotatable bonds is 4. The number of esters is 1. The topological polar surface area (TPSA) is 63.6 Å². The van der Waals surface area contributed by atoms with Crippen molar-refractivity contribution in [1.29, 1.82) is 0 Å². The van der Waals surface area contributed by atoms with E-state index in [1.807, 2.05) is 0 Å². The number of aliphatic hydroxyl groups is 1. The second kappa shape index (κ2) is 6.35. The first-order valence-electron chi connectivity index (χ1n) is 5.34. The highest BCUT2D eigenvalue weighted by Gasteiger charge is 2.20. The third kappa shape index (κ3) is 3.43. The van der Waals surface area contributed by atoms with Crippen LogP contribution in [0.4, 0.5) is 0 Å². The van der Waals surface area contributed by atoms with Gasteiger partial charge in [-0.1, -0.05) is 28.1 Å². The minimum absolute atomic E-state index is 0.0317. The van der Waals surface area contributed by atoms with E-state index in [1.165, 1.54) is 6.92 Å². The molecule has 0 saturated carbocycles. The third-order valence-electron chi connectivity index (χ3n) is 2.27. The summed E-state index contributed by atoms with van der Waals surface area (Å²) in [5.74, 6) is -2.02. The number of halogens is 1. The van der Waals surface area contributed by atoms with Crippen molar-refractivity contribution in [2.45, 2.75) is 13.8 Å². The van der Waals surface area contributed by atoms with E-state index in [0.29, 0.717) is 5.56 Å². The van der Waals surface area contributed by atoms with Crippen LogP contribution in [0.3, 0.4) is 0 Å². The van der Waals surface area contributed by atoms with Crippen LogP contribution in [0.5, 0.6) is 0 Å². The van der Waals surface area contributed by atoms with E-state index in [9.17, 15) is 14.7 Å². The number of benzene rings is 1. The normalized spacial score (nSPS) is 11.7. The lowest BCUT2D eigenvalue weighted by Gasteiger charge is -2.05. The van der Waals surface area contributed by atoms with Crippen LogP contribution in [0.15, 0.2) is 34.3 Å². The molecule has 0 fully saturated rings. The fourth-order valence-corrected chi connectivity index (χ4v) is 1.55. The molecule has 0 aliphatic carbocycles. The van der Waals surface area contributed by atoms with E-state index in [1.54, 1.807) is 31.2 Å². The van der Waals surface area contributed by atoms with Gasteiger partial charge in [-0.3, -0.25) is 4.79 Å². The van der Waals surface area contributed by atoms with Gasteiger partial charge in [0.1, 0.15) is 5.76 Å². The van der Waals surface area contributed by atoms with Crippen LogP contribution in [0, 0.1) is 0 Å². The average Bonchev–Trinajstić information content (AvgIpc) is 2.37. The van der Waals surface area contributed by atoms with E-state index < -0.39 is 11.8 Å². The summed E-state index contributed by atoms with van der Waals surface area (Å²) in [6.45, 7) is 3.12. The van der Waals surface area contributed by atoms with Gasteiger partial charge in [0.05, 0.1) is 6.61 Å². The maximum absolute atomic E-state index is 11.6. The standard InChI is InChI=1S/C13H13BrO4/c1-3-18-13(17)12(16)8(2)11(15)9-4-6-10(14)7-5-9/h4-7,15H,3H2,1-2H3. The van der Waals surface area contributed by atoms with E-state index >= 15 is 0 Å². The second-order valence-corrected chi connectivity index (χ2v) is 4.45. The van der Waals surface area contributed by atoms with Gasteiger partial charge < -0.3 is 9.84 Å². The molecule has 1 aromatic rings. The summed E-state index contributed by atoms with van der Waals surface area (Å²) in [6.07, 6.45) is 0. The highest BCUT2D eigenvalue weighted by Crippen LogP contribution is 2.19. The van der Waals surface area contributed by atoms with Crippen LogP contribution in [-0.2, 0) is 14.3 Å². The Labute approximate surface area is 113 Å². The number of carbonyl (C=O) groups is 2. The largest absolute Gasteiger partial charge is 0.507 e. The van der Waals surface area contributed by atoms with Gasteiger partial charge in [0.2, 0.25) is 0 Å². The minimum atomic E-state index is -0.960. The maximum atomic E-state index is 11.6. The Bertz CT molecular complexity index is 488. The first-order chi connectivity index (χ1) is 8.47. The Morgan fingerprint density at radius 3 is 2.33 bits per heavy atom. The molecule has 0 atom stereocenters. The molecule has 0 aromatic heterocycles. The number of aliphatic hydroxyl groups excluding tert-OH is 1. The molecule has 18 heavy (non-hydrogen) atoms. The van der Waals surface area contributed by atoms with Gasteiger partial charge in [-0.25, -0.2) is 4.79 Å². The number of hydrogen-bond donors (Lipinski definition) is 1. The van der Waals surface area contributed by atoms with E-state index in [0.717, 1.165) is 4.47 Å². The third-order valence-corrected chi connectivity index (χ3v) is 2.80. The monoisotopic (exact) mass is 312 g/mol. The van der Waals surface area contributed by atoms with Crippen LogP contribution >= 0.6 is 15.9 Å². The maximum Gasteiger partial charge on any atom is 0.379 e. The SMILES string of the molecule is CCOC(=O)C(=O)C(C)=C(O)c1ccc(Br)cc1. The quantitative estimate of drug-likeness (QED) is 0.402. The van der Waals surface area contributed by atoms with Crippen molar-refractivity contribution in [3.8, 4) is 0 Å². The molecule has 1 rings (SSSR count). The minimum Gasteiger partial charge on any atom is -0.507 e. The number of carbonyl (C=O) groups excluding carboxylic acids is 2. The van der Waals surface area contributed by atoms with Crippen molar-refractivity contribution in [2.75, 3.05) is 6.61 Å². The molecule has 5 heteroatoms. The zero-order chi connectivity index (χ0) is 13.7. The molecule has 0 heterocycles. The first kappa shape index (κ1) is 14.4. The van der Waals surface area contributed by atoms with Gasteiger partial charge in [0.15, 0.2) is 0 Å². The summed E-state index contributed by atoms with van der Waals surface area (Å²) in [7, 11) is 0. The van der Waals surface area contributed by atoms with Crippen LogP contribution in [0.1, 0.15) is 19.4 Å². The van der Waals surface area contributed by atoms with Crippen molar-refractivity contribution in [3.63, 3.8) is 0 Å². The molecule has 0 aliphatic heterocycles. The lowest BCUT2D eigenvalue weighted by atomic mass is 10.1. The van der Waals surface area contributed by atoms with Crippen LogP contribution in [0.2, 0.25) is 0 Å². The molecule has 1 aromatic carbocycles. The molecule has 0 bridgehead atoms. The predicted octanol–water partition coefficient (Wildman–Crippen LogP) is 2.87. The predicted molar refractivity (Wildman–Crippen MR) is 71.0 cm³/mol. The van der Waals surface area contributed by atoms with Gasteiger partial charge in [-0.05, 0) is 26.0 Å². The molecule has 4 nitrogen and oxygen atoms in total. The second-order valence-electron chi connectivity index (χ2n) is 3.53. The van der Waals surface area contributed by atoms with Crippen molar-refractivity contribution >= 4 is 33.4 Å². The zero-order valence-corrected chi connectivity index (χ0v) is 11.7. The molecule has 0 unspecified atom stereocenters. The summed E-state index contributed by atoms with van der Waals surface area (Å²) in [5.41, 5.74) is 0.434. The summed E-state index contributed by atoms with van der Waals surface area (Å²) < 4.78 is 5.44. The number of ether oxygens (including phenoxy) is 1. The molecule has 0 spiro atoms. The zero-order valence-electron chi connectivity index (χ0n) is 10.1. The highest BCUT2D eigenvalue weighted by atomic mass is 79.9. The van der Waals surface area contributed by atoms with Gasteiger partial charge in [-0.15, -0.1) is 0 Å². The van der Waals surface area contributed by atoms with Gasteiger partial charge in [0, 0.05) is 15.6 Å². The first-order valence-corrected chi connectivity index (χ1v) is 6.14. The van der Waals surface area contributed by atoms with E-state index in [4.69, 9.17) is 0 Å². The fraction of sp³-hybridized carbons (Fsp3) is 0.231. The summed E-state index contributed by atoms with van der Waals surface area (Å²) >= 11 is 3.27. The Kier molecular flexibility index (Phi) is 5.09. The Morgan fingerprint density at radius 1 is 1.28 bits per heavy atom. The Morgan fingerprint density at radius 2 is 1.83 bits per heavy atom. The number of Topliss-reactive ketones (excluding diaryl/α,β-unsaturated/α-hetero) is 1. The van der Waals surface area contributed by atoms with Crippen LogP contribution in [-0.4, -0.2) is 23.5 Å². The Balaban J connectivity index is 3.01. The number of hydrogen-bond acceptors (Lipinski definition) is 4. The van der Waals surface area contributed by atoms with Crippen LogP contribution < -0.4 is 0 Å². The summed E-state index contributed by atoms with van der Waals surface area (Å²) in [4.78, 5) is 22.9. The summed E-state index contributed by atoms with van der Waals surface area (Å²) in [6, 6.07) is 6.74. The van der Waals surface area contributed by atoms with Crippen molar-refractivity contribution in [3.05, 3.63) is 39.9 Å². The van der Waals surface area contributed by atoms with Crippen LogP contribution in [0.25, 0.3) is 5.76 Å². The fourth-order valence-electron chi connectivity index (χ4n) is 1.28. The van der Waals surface area contributed by atoms with E-state index in [2.05, 4.69) is 20.7 Å². The number of ketones is 1. The highest BCUT2D eigenvalue weighted by molar-refractivity contribution is 9.10. The lowest BCUT2D eigenvalue weighted by molar-refractivity contribution is -0.151. The average molecular weight is 313 g/mol. The Hall–Kier alpha value is -1.62. The van der Waals surface area contributed by atoms with Crippen molar-refractivity contribution in [2.24, 2.45) is 0 Å². The smallest absolute Gasteiger partial charge is 0.379 e. The molecule has 0 radical (unpaired) electrons. The van der Waals surface area contributed by atoms with E-state index in [-0.39, 0.29) is 17.9 Å². The molecular weight excluding hydrogens is 300 g/mol. The van der Waals surface area contributed by atoms with Gasteiger partial charge in [-0.2, -0.15) is 0 Å². The van der Waals surface area contributed by atoms with Gasteiger partial charge >= 0.3 is 5.97 Å². The molecule has 0 saturated heterocycles. The van der Waals surface area contributed by atoms with Gasteiger partial charge in [0.25, 0.3) is 5.78 Å². The molecule has 1 N–H and O–H groups in total. The molecular formula is C13H13BrO4. The lowest BCUT2D eigenvalue weighted by Crippen LogP contribution is -2.19. The molecule has 96 valence electrons.